The van der Waals surface area contributed by atoms with E-state index in [4.69, 9.17) is 5.26 Å². The normalized spacial score (nSPS) is 17.4. The van der Waals surface area contributed by atoms with E-state index in [1.807, 2.05) is 6.07 Å². The molecule has 1 aliphatic rings. The van der Waals surface area contributed by atoms with Crippen LogP contribution in [0.5, 0.6) is 0 Å². The number of fused-ring (bicyclic) bond motifs is 1. The molecular formula is C9H6N2O3S. The number of nitrogens with one attached hydrogen (secondary N) is 1. The zero-order valence-electron chi connectivity index (χ0n) is 7.52. The second-order valence-corrected chi connectivity index (χ2v) is 5.06. The Labute approximate surface area is 86.2 Å². The number of nitriles is 1. The number of nitrogens with zero attached hydrogens (tertiary/aromatic N) is 1. The quantitative estimate of drug-likeness (QED) is 0.683. The number of benzene rings is 1. The first-order valence-corrected chi connectivity index (χ1v) is 5.75. The van der Waals surface area contributed by atoms with Gasteiger partial charge in [0.15, 0.2) is 9.84 Å². The van der Waals surface area contributed by atoms with Crippen molar-refractivity contribution >= 4 is 21.4 Å². The van der Waals surface area contributed by atoms with Crippen molar-refractivity contribution in [2.45, 2.75) is 4.90 Å². The predicted molar refractivity (Wildman–Crippen MR) is 51.8 cm³/mol. The van der Waals surface area contributed by atoms with Gasteiger partial charge < -0.3 is 5.32 Å². The van der Waals surface area contributed by atoms with Crippen molar-refractivity contribution in [1.82, 2.24) is 0 Å². The summed E-state index contributed by atoms with van der Waals surface area (Å²) in [5.74, 6) is -1.17. The lowest BCUT2D eigenvalue weighted by atomic mass is 10.2. The molecule has 0 saturated carbocycles. The lowest BCUT2D eigenvalue weighted by Gasteiger charge is -2.17. The van der Waals surface area contributed by atoms with Crippen LogP contribution in [0.25, 0.3) is 0 Å². The Bertz CT molecular complexity index is 584. The maximum atomic E-state index is 11.6. The van der Waals surface area contributed by atoms with E-state index in [9.17, 15) is 13.2 Å². The summed E-state index contributed by atoms with van der Waals surface area (Å²) < 4.78 is 23.2. The molecule has 1 aliphatic heterocycles. The third kappa shape index (κ3) is 1.47. The first kappa shape index (κ1) is 9.68. The first-order valence-electron chi connectivity index (χ1n) is 4.10. The van der Waals surface area contributed by atoms with Gasteiger partial charge in [0, 0.05) is 0 Å². The van der Waals surface area contributed by atoms with Gasteiger partial charge in [-0.2, -0.15) is 5.26 Å². The number of sulfone groups is 1. The number of amides is 1. The second kappa shape index (κ2) is 3.07. The number of rotatable bonds is 0. The molecule has 0 fully saturated rings. The molecule has 1 amide bonds. The third-order valence-electron chi connectivity index (χ3n) is 2.07. The summed E-state index contributed by atoms with van der Waals surface area (Å²) in [6, 6.07) is 6.15. The lowest BCUT2D eigenvalue weighted by Crippen LogP contribution is -2.29. The van der Waals surface area contributed by atoms with E-state index in [2.05, 4.69) is 5.32 Å². The molecule has 5 nitrogen and oxygen atoms in total. The summed E-state index contributed by atoms with van der Waals surface area (Å²) in [6.45, 7) is 0. The molecule has 76 valence electrons. The molecular weight excluding hydrogens is 216 g/mol. The fourth-order valence-electron chi connectivity index (χ4n) is 1.44. The van der Waals surface area contributed by atoms with Crippen molar-refractivity contribution in [2.24, 2.45) is 0 Å². The smallest absolute Gasteiger partial charge is 0.240 e. The molecule has 2 rings (SSSR count). The van der Waals surface area contributed by atoms with E-state index in [1.54, 1.807) is 0 Å². The Hall–Kier alpha value is -1.87. The molecule has 15 heavy (non-hydrogen) atoms. The van der Waals surface area contributed by atoms with Gasteiger partial charge in [0.05, 0.1) is 16.1 Å². The van der Waals surface area contributed by atoms with Gasteiger partial charge in [-0.05, 0) is 12.1 Å². The maximum Gasteiger partial charge on any atom is 0.240 e. The minimum absolute atomic E-state index is 0.0150. The van der Waals surface area contributed by atoms with Gasteiger partial charge in [-0.15, -0.1) is 0 Å². The minimum Gasteiger partial charge on any atom is -0.323 e. The molecule has 0 spiro atoms. The highest BCUT2D eigenvalue weighted by Gasteiger charge is 2.30. The second-order valence-electron chi connectivity index (χ2n) is 3.10. The summed E-state index contributed by atoms with van der Waals surface area (Å²) >= 11 is 0. The van der Waals surface area contributed by atoms with Gasteiger partial charge >= 0.3 is 0 Å². The van der Waals surface area contributed by atoms with Crippen LogP contribution in [0.3, 0.4) is 0 Å². The number of carbonyl (C=O) groups is 1. The molecule has 1 heterocycles. The Balaban J connectivity index is 2.79. The van der Waals surface area contributed by atoms with Crippen molar-refractivity contribution < 1.29 is 13.2 Å². The van der Waals surface area contributed by atoms with Crippen molar-refractivity contribution in [3.63, 3.8) is 0 Å². The fourth-order valence-corrected chi connectivity index (χ4v) is 2.77. The van der Waals surface area contributed by atoms with E-state index < -0.39 is 21.5 Å². The molecule has 6 heteroatoms. The summed E-state index contributed by atoms with van der Waals surface area (Å²) in [6.07, 6.45) is 0. The maximum absolute atomic E-state index is 11.6. The van der Waals surface area contributed by atoms with Gasteiger partial charge in [0.1, 0.15) is 11.8 Å². The van der Waals surface area contributed by atoms with E-state index in [0.29, 0.717) is 0 Å². The highest BCUT2D eigenvalue weighted by Crippen LogP contribution is 2.29. The number of anilines is 1. The van der Waals surface area contributed by atoms with Crippen molar-refractivity contribution in [3.05, 3.63) is 23.8 Å². The van der Waals surface area contributed by atoms with Crippen molar-refractivity contribution in [1.29, 1.82) is 5.26 Å². The monoisotopic (exact) mass is 222 g/mol. The van der Waals surface area contributed by atoms with Crippen molar-refractivity contribution in [3.8, 4) is 6.07 Å². The van der Waals surface area contributed by atoms with E-state index in [0.717, 1.165) is 0 Å². The molecule has 0 bridgehead atoms. The van der Waals surface area contributed by atoms with Gasteiger partial charge in [-0.25, -0.2) is 8.42 Å². The van der Waals surface area contributed by atoms with Crippen LogP contribution >= 0.6 is 0 Å². The Morgan fingerprint density at radius 2 is 2.13 bits per heavy atom. The average molecular weight is 222 g/mol. The minimum atomic E-state index is -3.59. The Kier molecular flexibility index (Phi) is 1.98. The summed E-state index contributed by atoms with van der Waals surface area (Å²) in [7, 11) is -3.59. The van der Waals surface area contributed by atoms with Gasteiger partial charge in [0.2, 0.25) is 5.91 Å². The molecule has 0 radical (unpaired) electrons. The van der Waals surface area contributed by atoms with Crippen LogP contribution < -0.4 is 5.32 Å². The van der Waals surface area contributed by atoms with E-state index >= 15 is 0 Å². The van der Waals surface area contributed by atoms with Crippen LogP contribution in [-0.2, 0) is 14.6 Å². The molecule has 1 aromatic rings. The molecule has 0 aliphatic carbocycles. The van der Waals surface area contributed by atoms with Crippen LogP contribution in [0.2, 0.25) is 0 Å². The summed E-state index contributed by atoms with van der Waals surface area (Å²) in [5.41, 5.74) is 0.250. The zero-order chi connectivity index (χ0) is 11.1. The molecule has 0 atom stereocenters. The average Bonchev–Trinajstić information content (AvgIpc) is 2.15. The van der Waals surface area contributed by atoms with Gasteiger partial charge in [0.25, 0.3) is 0 Å². The van der Waals surface area contributed by atoms with E-state index in [-0.39, 0.29) is 16.1 Å². The Morgan fingerprint density at radius 1 is 1.40 bits per heavy atom. The topological polar surface area (TPSA) is 87.0 Å². The van der Waals surface area contributed by atoms with Gasteiger partial charge in [-0.1, -0.05) is 6.07 Å². The molecule has 0 saturated heterocycles. The SMILES string of the molecule is N#Cc1cccc2c1NC(=O)CS2(=O)=O. The highest BCUT2D eigenvalue weighted by atomic mass is 32.2. The number of hydrogen-bond donors (Lipinski definition) is 1. The molecule has 1 aromatic carbocycles. The van der Waals surface area contributed by atoms with Crippen molar-refractivity contribution in [2.75, 3.05) is 11.1 Å². The van der Waals surface area contributed by atoms with Crippen LogP contribution in [0.4, 0.5) is 5.69 Å². The van der Waals surface area contributed by atoms with Crippen LogP contribution in [-0.4, -0.2) is 20.1 Å². The van der Waals surface area contributed by atoms with E-state index in [1.165, 1.54) is 18.2 Å². The summed E-state index contributed by atoms with van der Waals surface area (Å²) in [5, 5.41) is 11.1. The zero-order valence-corrected chi connectivity index (χ0v) is 8.34. The summed E-state index contributed by atoms with van der Waals surface area (Å²) in [4.78, 5) is 11.1. The van der Waals surface area contributed by atoms with Crippen LogP contribution in [0, 0.1) is 11.3 Å². The third-order valence-corrected chi connectivity index (χ3v) is 3.72. The lowest BCUT2D eigenvalue weighted by molar-refractivity contribution is -0.114. The molecule has 0 aromatic heterocycles. The first-order chi connectivity index (χ1) is 7.04. The molecule has 1 N–H and O–H groups in total. The number of para-hydroxylation sites is 1. The predicted octanol–water partition coefficient (Wildman–Crippen LogP) is 0.284. The highest BCUT2D eigenvalue weighted by molar-refractivity contribution is 7.92. The number of hydrogen-bond acceptors (Lipinski definition) is 4. The number of carbonyl (C=O) groups excluding carboxylic acids is 1. The largest absolute Gasteiger partial charge is 0.323 e. The van der Waals surface area contributed by atoms with Crippen LogP contribution in [0.1, 0.15) is 5.56 Å². The molecule has 0 unspecified atom stereocenters. The van der Waals surface area contributed by atoms with Crippen LogP contribution in [0.15, 0.2) is 23.1 Å². The standard InChI is InChI=1S/C9H6N2O3S/c10-4-6-2-1-3-7-9(6)11-8(12)5-15(7,13)14/h1-3H,5H2,(H,11,12). The van der Waals surface area contributed by atoms with Gasteiger partial charge in [-0.3, -0.25) is 4.79 Å². The Morgan fingerprint density at radius 3 is 2.80 bits per heavy atom. The fraction of sp³-hybridized carbons (Fsp3) is 0.111.